The lowest BCUT2D eigenvalue weighted by atomic mass is 9.91. The summed E-state index contributed by atoms with van der Waals surface area (Å²) in [5.41, 5.74) is 1.49. The molecule has 4 nitrogen and oxygen atoms in total. The van der Waals surface area contributed by atoms with Crippen LogP contribution < -0.4 is 0 Å². The van der Waals surface area contributed by atoms with Crippen molar-refractivity contribution in [2.24, 2.45) is 9.98 Å². The molecule has 1 saturated carbocycles. The van der Waals surface area contributed by atoms with Gasteiger partial charge in [-0.15, -0.1) is 0 Å². The van der Waals surface area contributed by atoms with Gasteiger partial charge in [0, 0.05) is 30.7 Å². The molecular weight excluding hydrogens is 808 g/mol. The van der Waals surface area contributed by atoms with E-state index in [4.69, 9.17) is 9.98 Å². The van der Waals surface area contributed by atoms with E-state index in [1.54, 1.807) is 12.4 Å². The van der Waals surface area contributed by atoms with Crippen molar-refractivity contribution in [1.82, 2.24) is 0 Å². The molecule has 0 aromatic heterocycles. The van der Waals surface area contributed by atoms with E-state index in [9.17, 15) is 10.2 Å². The van der Waals surface area contributed by atoms with Crippen molar-refractivity contribution in [3.8, 4) is 11.5 Å². The standard InChI is InChI=1S/C20H18I4N2O2/c21-13-5-11(19(27)15(23)7-13)9-25-17-3-1-2-4-18(17)26-10-12-6-14(22)8-16(24)20(12)28/h5-10,17-18,27-28H,1-4H2. The van der Waals surface area contributed by atoms with Crippen LogP contribution in [0.25, 0.3) is 0 Å². The first-order valence-corrected chi connectivity index (χ1v) is 13.1. The number of nitrogens with zero attached hydrogens (tertiary/aromatic N) is 2. The fourth-order valence-corrected chi connectivity index (χ4v) is 6.94. The van der Waals surface area contributed by atoms with E-state index < -0.39 is 0 Å². The van der Waals surface area contributed by atoms with Crippen molar-refractivity contribution in [2.75, 3.05) is 0 Å². The van der Waals surface area contributed by atoms with Gasteiger partial charge in [0.25, 0.3) is 0 Å². The minimum absolute atomic E-state index is 0.0870. The molecule has 2 N–H and O–H groups in total. The summed E-state index contributed by atoms with van der Waals surface area (Å²) in [6.45, 7) is 0. The van der Waals surface area contributed by atoms with Gasteiger partial charge in [-0.25, -0.2) is 0 Å². The second kappa shape index (κ2) is 10.6. The number of benzene rings is 2. The van der Waals surface area contributed by atoms with Gasteiger partial charge in [0.05, 0.1) is 19.2 Å². The minimum Gasteiger partial charge on any atom is -0.506 e. The van der Waals surface area contributed by atoms with E-state index in [0.717, 1.165) is 51.1 Å². The highest BCUT2D eigenvalue weighted by Crippen LogP contribution is 2.29. The lowest BCUT2D eigenvalue weighted by Crippen LogP contribution is -2.27. The molecular formula is C20H18I4N2O2. The molecule has 2 unspecified atom stereocenters. The van der Waals surface area contributed by atoms with Gasteiger partial charge in [-0.1, -0.05) is 12.8 Å². The summed E-state index contributed by atoms with van der Waals surface area (Å²) >= 11 is 8.77. The number of halogens is 4. The molecule has 1 aliphatic rings. The average molecular weight is 826 g/mol. The lowest BCUT2D eigenvalue weighted by molar-refractivity contribution is 0.390. The molecule has 0 bridgehead atoms. The van der Waals surface area contributed by atoms with E-state index >= 15 is 0 Å². The molecule has 1 fully saturated rings. The Hall–Kier alpha value is 0.300. The van der Waals surface area contributed by atoms with Crippen LogP contribution in [0, 0.1) is 14.3 Å². The Morgan fingerprint density at radius 3 is 1.50 bits per heavy atom. The van der Waals surface area contributed by atoms with Gasteiger partial charge in [-0.3, -0.25) is 9.98 Å². The van der Waals surface area contributed by atoms with Crippen molar-refractivity contribution < 1.29 is 10.2 Å². The third-order valence-electron chi connectivity index (χ3n) is 4.62. The summed E-state index contributed by atoms with van der Waals surface area (Å²) in [6, 6.07) is 7.93. The number of hydrogen-bond acceptors (Lipinski definition) is 4. The van der Waals surface area contributed by atoms with Gasteiger partial charge in [0.2, 0.25) is 0 Å². The van der Waals surface area contributed by atoms with Gasteiger partial charge in [0.1, 0.15) is 11.5 Å². The zero-order valence-corrected chi connectivity index (χ0v) is 23.4. The normalized spacial score (nSPS) is 20.3. The van der Waals surface area contributed by atoms with Crippen LogP contribution >= 0.6 is 90.4 Å². The van der Waals surface area contributed by atoms with Crippen LogP contribution in [0.15, 0.2) is 34.3 Å². The predicted octanol–water partition coefficient (Wildman–Crippen LogP) is 6.37. The van der Waals surface area contributed by atoms with Crippen LogP contribution in [0.4, 0.5) is 0 Å². The maximum atomic E-state index is 10.3. The fourth-order valence-electron chi connectivity index (χ4n) is 3.16. The third-order valence-corrected chi connectivity index (χ3v) is 7.51. The van der Waals surface area contributed by atoms with Crippen LogP contribution in [0.5, 0.6) is 11.5 Å². The molecule has 0 spiro atoms. The molecule has 0 heterocycles. The summed E-state index contributed by atoms with van der Waals surface area (Å²) in [5.74, 6) is 0.554. The van der Waals surface area contributed by atoms with Crippen molar-refractivity contribution in [3.05, 3.63) is 49.7 Å². The molecule has 8 heteroatoms. The van der Waals surface area contributed by atoms with Gasteiger partial charge in [0.15, 0.2) is 0 Å². The molecule has 0 radical (unpaired) electrons. The van der Waals surface area contributed by atoms with E-state index in [0.29, 0.717) is 0 Å². The molecule has 0 amide bonds. The Labute approximate surface area is 219 Å². The first-order chi connectivity index (χ1) is 13.3. The van der Waals surface area contributed by atoms with Crippen LogP contribution in [-0.4, -0.2) is 34.7 Å². The van der Waals surface area contributed by atoms with Crippen molar-refractivity contribution in [2.45, 2.75) is 37.8 Å². The first-order valence-electron chi connectivity index (χ1n) is 8.77. The molecule has 0 saturated heterocycles. The van der Waals surface area contributed by atoms with Gasteiger partial charge in [-0.2, -0.15) is 0 Å². The van der Waals surface area contributed by atoms with Crippen LogP contribution in [0.1, 0.15) is 36.8 Å². The molecule has 28 heavy (non-hydrogen) atoms. The third kappa shape index (κ3) is 5.93. The Morgan fingerprint density at radius 1 is 0.714 bits per heavy atom. The molecule has 0 aliphatic heterocycles. The van der Waals surface area contributed by atoms with Crippen molar-refractivity contribution >= 4 is 103 Å². The van der Waals surface area contributed by atoms with Crippen LogP contribution in [0.3, 0.4) is 0 Å². The number of aliphatic imine (C=N–C) groups is 2. The summed E-state index contributed by atoms with van der Waals surface area (Å²) in [6.07, 6.45) is 7.80. The second-order valence-electron chi connectivity index (χ2n) is 6.63. The number of aromatic hydroxyl groups is 2. The number of phenols is 2. The van der Waals surface area contributed by atoms with Crippen LogP contribution in [0.2, 0.25) is 0 Å². The smallest absolute Gasteiger partial charge is 0.137 e. The second-order valence-corrected chi connectivity index (χ2v) is 11.4. The molecule has 2 aromatic rings. The molecule has 148 valence electrons. The van der Waals surface area contributed by atoms with E-state index in [2.05, 4.69) is 90.4 Å². The molecule has 3 rings (SSSR count). The average Bonchev–Trinajstić information content (AvgIpc) is 2.65. The lowest BCUT2D eigenvalue weighted by Gasteiger charge is -2.25. The Morgan fingerprint density at radius 2 is 1.11 bits per heavy atom. The zero-order valence-electron chi connectivity index (χ0n) is 14.7. The highest BCUT2D eigenvalue weighted by Gasteiger charge is 2.23. The minimum atomic E-state index is 0.0870. The quantitative estimate of drug-likeness (QED) is 0.279. The predicted molar refractivity (Wildman–Crippen MR) is 148 cm³/mol. The van der Waals surface area contributed by atoms with Gasteiger partial charge in [-0.05, 0) is 127 Å². The SMILES string of the molecule is Oc1c(I)cc(I)cc1C=NC1CCCCC1N=Cc1cc(I)cc(I)c1O. The van der Waals surface area contributed by atoms with Crippen LogP contribution in [-0.2, 0) is 0 Å². The Kier molecular flexibility index (Phi) is 8.66. The van der Waals surface area contributed by atoms with Crippen molar-refractivity contribution in [1.29, 1.82) is 0 Å². The zero-order chi connectivity index (χ0) is 20.3. The van der Waals surface area contributed by atoms with E-state index in [1.165, 1.54) is 0 Å². The Bertz CT molecular complexity index is 855. The maximum Gasteiger partial charge on any atom is 0.137 e. The summed E-state index contributed by atoms with van der Waals surface area (Å²) in [7, 11) is 0. The van der Waals surface area contributed by atoms with E-state index in [1.807, 2.05) is 24.3 Å². The summed E-state index contributed by atoms with van der Waals surface area (Å²) < 4.78 is 3.80. The van der Waals surface area contributed by atoms with E-state index in [-0.39, 0.29) is 23.6 Å². The monoisotopic (exact) mass is 826 g/mol. The number of hydrogen-bond donors (Lipinski definition) is 2. The largest absolute Gasteiger partial charge is 0.506 e. The topological polar surface area (TPSA) is 65.2 Å². The number of rotatable bonds is 4. The van der Waals surface area contributed by atoms with Gasteiger partial charge >= 0.3 is 0 Å². The highest BCUT2D eigenvalue weighted by molar-refractivity contribution is 14.1. The molecule has 2 atom stereocenters. The fraction of sp³-hybridized carbons (Fsp3) is 0.300. The van der Waals surface area contributed by atoms with Crippen molar-refractivity contribution in [3.63, 3.8) is 0 Å². The summed E-state index contributed by atoms with van der Waals surface area (Å²) in [5, 5.41) is 20.6. The molecule has 2 aromatic carbocycles. The van der Waals surface area contributed by atoms with Gasteiger partial charge < -0.3 is 10.2 Å². The number of phenolic OH excluding ortho intramolecular Hbond substituents is 2. The highest BCUT2D eigenvalue weighted by atomic mass is 127. The molecule has 1 aliphatic carbocycles. The maximum absolute atomic E-state index is 10.3. The first kappa shape index (κ1) is 23.0. The Balaban J connectivity index is 1.82. The summed E-state index contributed by atoms with van der Waals surface area (Å²) in [4.78, 5) is 9.55.